The maximum absolute atomic E-state index is 5.58. The number of hydrogen-bond acceptors (Lipinski definition) is 6. The molecule has 0 atom stereocenters. The lowest BCUT2D eigenvalue weighted by atomic mass is 10.3. The van der Waals surface area contributed by atoms with Crippen molar-refractivity contribution in [2.45, 2.75) is 26.2 Å². The SMILES string of the molecule is C=CCCCOc1nc(NCCC)nc(-n2cccn2)n1. The molecule has 0 bridgehead atoms. The van der Waals surface area contributed by atoms with Gasteiger partial charge in [-0.3, -0.25) is 0 Å². The molecule has 0 aromatic carbocycles. The van der Waals surface area contributed by atoms with E-state index in [1.807, 2.05) is 12.1 Å². The fourth-order valence-corrected chi connectivity index (χ4v) is 1.61. The number of nitrogens with zero attached hydrogens (tertiary/aromatic N) is 5. The summed E-state index contributed by atoms with van der Waals surface area (Å²) in [5, 5.41) is 7.27. The van der Waals surface area contributed by atoms with Crippen molar-refractivity contribution in [3.8, 4) is 12.0 Å². The van der Waals surface area contributed by atoms with Gasteiger partial charge in [0.1, 0.15) is 0 Å². The lowest BCUT2D eigenvalue weighted by molar-refractivity contribution is 0.286. The third kappa shape index (κ3) is 4.55. The Morgan fingerprint density at radius 1 is 1.38 bits per heavy atom. The monoisotopic (exact) mass is 288 g/mol. The molecule has 2 rings (SSSR count). The van der Waals surface area contributed by atoms with Crippen LogP contribution in [0, 0.1) is 0 Å². The molecule has 0 spiro atoms. The highest BCUT2D eigenvalue weighted by Gasteiger charge is 2.09. The first-order valence-electron chi connectivity index (χ1n) is 7.07. The molecule has 0 aliphatic rings. The molecule has 0 aliphatic heterocycles. The fraction of sp³-hybridized carbons (Fsp3) is 0.429. The Hall–Kier alpha value is -2.44. The predicted molar refractivity (Wildman–Crippen MR) is 80.7 cm³/mol. The van der Waals surface area contributed by atoms with Crippen molar-refractivity contribution >= 4 is 5.95 Å². The summed E-state index contributed by atoms with van der Waals surface area (Å²) in [4.78, 5) is 12.9. The number of nitrogens with one attached hydrogen (secondary N) is 1. The van der Waals surface area contributed by atoms with E-state index in [-0.39, 0.29) is 0 Å². The average molecular weight is 288 g/mol. The Labute approximate surface area is 124 Å². The highest BCUT2D eigenvalue weighted by Crippen LogP contribution is 2.11. The summed E-state index contributed by atoms with van der Waals surface area (Å²) in [6.45, 7) is 7.09. The van der Waals surface area contributed by atoms with E-state index < -0.39 is 0 Å². The number of anilines is 1. The summed E-state index contributed by atoms with van der Waals surface area (Å²) in [5.74, 6) is 0.934. The molecule has 112 valence electrons. The zero-order chi connectivity index (χ0) is 14.9. The van der Waals surface area contributed by atoms with Crippen LogP contribution < -0.4 is 10.1 Å². The van der Waals surface area contributed by atoms with E-state index in [1.54, 1.807) is 17.1 Å². The summed E-state index contributed by atoms with van der Waals surface area (Å²) in [7, 11) is 0. The van der Waals surface area contributed by atoms with Crippen LogP contribution in [0.4, 0.5) is 5.95 Å². The van der Waals surface area contributed by atoms with Crippen LogP contribution in [0.25, 0.3) is 5.95 Å². The summed E-state index contributed by atoms with van der Waals surface area (Å²) in [5.41, 5.74) is 0. The van der Waals surface area contributed by atoms with Crippen LogP contribution in [0.3, 0.4) is 0 Å². The summed E-state index contributed by atoms with van der Waals surface area (Å²) < 4.78 is 7.16. The van der Waals surface area contributed by atoms with E-state index in [9.17, 15) is 0 Å². The smallest absolute Gasteiger partial charge is 0.323 e. The van der Waals surface area contributed by atoms with Crippen LogP contribution in [-0.2, 0) is 0 Å². The zero-order valence-electron chi connectivity index (χ0n) is 12.2. The molecular weight excluding hydrogens is 268 g/mol. The van der Waals surface area contributed by atoms with Crippen molar-refractivity contribution in [1.82, 2.24) is 24.7 Å². The first-order valence-corrected chi connectivity index (χ1v) is 7.07. The molecule has 0 unspecified atom stereocenters. The van der Waals surface area contributed by atoms with Gasteiger partial charge in [-0.15, -0.1) is 6.58 Å². The van der Waals surface area contributed by atoms with Gasteiger partial charge in [0.15, 0.2) is 0 Å². The van der Waals surface area contributed by atoms with Gasteiger partial charge in [-0.2, -0.15) is 20.1 Å². The quantitative estimate of drug-likeness (QED) is 0.563. The highest BCUT2D eigenvalue weighted by molar-refractivity contribution is 5.29. The second kappa shape index (κ2) is 7.98. The Bertz CT molecular complexity index is 555. The van der Waals surface area contributed by atoms with Gasteiger partial charge in [-0.25, -0.2) is 4.68 Å². The van der Waals surface area contributed by atoms with Gasteiger partial charge in [0, 0.05) is 18.9 Å². The summed E-state index contributed by atoms with van der Waals surface area (Å²) >= 11 is 0. The zero-order valence-corrected chi connectivity index (χ0v) is 12.2. The van der Waals surface area contributed by atoms with Crippen molar-refractivity contribution in [3.63, 3.8) is 0 Å². The van der Waals surface area contributed by atoms with Crippen LogP contribution in [0.15, 0.2) is 31.1 Å². The Kier molecular flexibility index (Phi) is 5.69. The van der Waals surface area contributed by atoms with Gasteiger partial charge in [0.05, 0.1) is 6.61 Å². The summed E-state index contributed by atoms with van der Waals surface area (Å²) in [6.07, 6.45) is 8.08. The van der Waals surface area contributed by atoms with Gasteiger partial charge >= 0.3 is 6.01 Å². The molecule has 0 radical (unpaired) electrons. The molecule has 21 heavy (non-hydrogen) atoms. The lowest BCUT2D eigenvalue weighted by Gasteiger charge is -2.09. The minimum atomic E-state index is 0.304. The molecular formula is C14H20N6O. The third-order valence-electron chi connectivity index (χ3n) is 2.63. The minimum absolute atomic E-state index is 0.304. The Morgan fingerprint density at radius 2 is 2.29 bits per heavy atom. The molecule has 0 saturated heterocycles. The van der Waals surface area contributed by atoms with E-state index in [0.29, 0.717) is 24.5 Å². The average Bonchev–Trinajstić information content (AvgIpc) is 3.04. The predicted octanol–water partition coefficient (Wildman–Crippen LogP) is 2.22. The van der Waals surface area contributed by atoms with Gasteiger partial charge in [-0.1, -0.05) is 13.0 Å². The maximum atomic E-state index is 5.58. The lowest BCUT2D eigenvalue weighted by Crippen LogP contribution is -2.12. The van der Waals surface area contributed by atoms with Crippen LogP contribution in [0.2, 0.25) is 0 Å². The molecule has 1 N–H and O–H groups in total. The number of unbranched alkanes of at least 4 members (excludes halogenated alkanes) is 1. The van der Waals surface area contributed by atoms with Crippen LogP contribution in [0.1, 0.15) is 26.2 Å². The largest absolute Gasteiger partial charge is 0.463 e. The van der Waals surface area contributed by atoms with Crippen molar-refractivity contribution in [2.24, 2.45) is 0 Å². The van der Waals surface area contributed by atoms with Gasteiger partial charge in [0.25, 0.3) is 5.95 Å². The van der Waals surface area contributed by atoms with Gasteiger partial charge in [-0.05, 0) is 25.3 Å². The number of ether oxygens (including phenoxy) is 1. The molecule has 7 nitrogen and oxygen atoms in total. The molecule has 2 heterocycles. The Morgan fingerprint density at radius 3 is 3.00 bits per heavy atom. The second-order valence-corrected chi connectivity index (χ2v) is 4.40. The number of hydrogen-bond donors (Lipinski definition) is 1. The second-order valence-electron chi connectivity index (χ2n) is 4.40. The van der Waals surface area contributed by atoms with E-state index in [1.165, 1.54) is 0 Å². The van der Waals surface area contributed by atoms with E-state index >= 15 is 0 Å². The topological polar surface area (TPSA) is 77.8 Å². The molecule has 2 aromatic rings. The molecule has 0 amide bonds. The van der Waals surface area contributed by atoms with Crippen molar-refractivity contribution < 1.29 is 4.74 Å². The van der Waals surface area contributed by atoms with Crippen LogP contribution in [0.5, 0.6) is 6.01 Å². The Balaban J connectivity index is 2.14. The molecule has 7 heteroatoms. The molecule has 0 aliphatic carbocycles. The van der Waals surface area contributed by atoms with Crippen molar-refractivity contribution in [3.05, 3.63) is 31.1 Å². The van der Waals surface area contributed by atoms with Crippen molar-refractivity contribution in [1.29, 1.82) is 0 Å². The van der Waals surface area contributed by atoms with E-state index in [2.05, 4.69) is 38.9 Å². The molecule has 0 saturated carbocycles. The highest BCUT2D eigenvalue weighted by atomic mass is 16.5. The van der Waals surface area contributed by atoms with Crippen molar-refractivity contribution in [2.75, 3.05) is 18.5 Å². The first-order chi connectivity index (χ1) is 10.3. The van der Waals surface area contributed by atoms with Gasteiger partial charge in [0.2, 0.25) is 5.95 Å². The van der Waals surface area contributed by atoms with E-state index in [0.717, 1.165) is 25.8 Å². The molecule has 0 fully saturated rings. The normalized spacial score (nSPS) is 10.3. The van der Waals surface area contributed by atoms with Crippen LogP contribution >= 0.6 is 0 Å². The van der Waals surface area contributed by atoms with E-state index in [4.69, 9.17) is 4.74 Å². The standard InChI is InChI=1S/C14H20N6O/c1-3-5-6-11-21-14-18-12(15-8-4-2)17-13(19-14)20-10-7-9-16-20/h3,7,9-10H,1,4-6,8,11H2,2H3,(H,15,17,18,19). The van der Waals surface area contributed by atoms with Crippen LogP contribution in [-0.4, -0.2) is 37.9 Å². The first kappa shape index (κ1) is 15.0. The number of rotatable bonds is 9. The van der Waals surface area contributed by atoms with Gasteiger partial charge < -0.3 is 10.1 Å². The third-order valence-corrected chi connectivity index (χ3v) is 2.63. The fourth-order valence-electron chi connectivity index (χ4n) is 1.61. The summed E-state index contributed by atoms with van der Waals surface area (Å²) in [6, 6.07) is 2.12. The maximum Gasteiger partial charge on any atom is 0.323 e. The minimum Gasteiger partial charge on any atom is -0.463 e. The number of allylic oxidation sites excluding steroid dienone is 1. The number of aromatic nitrogens is 5. The molecule has 2 aromatic heterocycles.